The van der Waals surface area contributed by atoms with Crippen molar-refractivity contribution in [2.24, 2.45) is 0 Å². The predicted octanol–water partition coefficient (Wildman–Crippen LogP) is 2.92. The first-order valence-corrected chi connectivity index (χ1v) is 11.8. The third-order valence-corrected chi connectivity index (χ3v) is 6.42. The molecule has 9 nitrogen and oxygen atoms in total. The summed E-state index contributed by atoms with van der Waals surface area (Å²) in [5.74, 6) is -0.252. The molecule has 1 aromatic heterocycles. The zero-order chi connectivity index (χ0) is 25.7. The summed E-state index contributed by atoms with van der Waals surface area (Å²) in [5.41, 5.74) is 2.44. The Morgan fingerprint density at radius 3 is 2.50 bits per heavy atom. The maximum absolute atomic E-state index is 13.5. The summed E-state index contributed by atoms with van der Waals surface area (Å²) in [6.07, 6.45) is 0. The van der Waals surface area contributed by atoms with Crippen molar-refractivity contribution in [3.8, 4) is 5.69 Å². The number of aromatic nitrogens is 2. The van der Waals surface area contributed by atoms with Gasteiger partial charge in [-0.15, -0.1) is 0 Å². The Bertz CT molecular complexity index is 1200. The number of hydrogen-bond donors (Lipinski definition) is 3. The number of ether oxygens (including phenoxy) is 1. The summed E-state index contributed by atoms with van der Waals surface area (Å²) in [7, 11) is 3.19. The predicted molar refractivity (Wildman–Crippen MR) is 135 cm³/mol. The highest BCUT2D eigenvalue weighted by atomic mass is 19.1. The molecule has 0 unspecified atom stereocenters. The smallest absolute Gasteiger partial charge is 0.320 e. The topological polar surface area (TPSA) is 101 Å². The van der Waals surface area contributed by atoms with E-state index in [4.69, 9.17) is 4.74 Å². The van der Waals surface area contributed by atoms with Crippen LogP contribution in [0.1, 0.15) is 27.5 Å². The molecule has 4 rings (SSSR count). The first-order valence-electron chi connectivity index (χ1n) is 11.8. The fraction of sp³-hybridized carbons (Fsp3) is 0.346. The van der Waals surface area contributed by atoms with Crippen molar-refractivity contribution in [3.63, 3.8) is 0 Å². The summed E-state index contributed by atoms with van der Waals surface area (Å²) < 4.78 is 20.3. The molecule has 2 heterocycles. The van der Waals surface area contributed by atoms with Gasteiger partial charge in [0.15, 0.2) is 5.69 Å². The highest BCUT2D eigenvalue weighted by molar-refractivity contribution is 5.97. The lowest BCUT2D eigenvalue weighted by Gasteiger charge is -2.21. The fourth-order valence-electron chi connectivity index (χ4n) is 4.53. The Labute approximate surface area is 209 Å². The number of urea groups is 1. The van der Waals surface area contributed by atoms with Gasteiger partial charge >= 0.3 is 6.03 Å². The van der Waals surface area contributed by atoms with Gasteiger partial charge in [0, 0.05) is 45.3 Å². The number of halogens is 1. The summed E-state index contributed by atoms with van der Waals surface area (Å²) in [6.45, 7) is 4.38. The van der Waals surface area contributed by atoms with Gasteiger partial charge in [0.1, 0.15) is 11.6 Å². The van der Waals surface area contributed by atoms with E-state index >= 15 is 0 Å². The van der Waals surface area contributed by atoms with E-state index in [0.29, 0.717) is 36.8 Å². The van der Waals surface area contributed by atoms with Gasteiger partial charge in [0.2, 0.25) is 0 Å². The van der Waals surface area contributed by atoms with E-state index in [1.54, 1.807) is 30.8 Å². The third kappa shape index (κ3) is 5.55. The number of hydrogen-bond acceptors (Lipinski definition) is 5. The molecule has 1 aliphatic heterocycles. The van der Waals surface area contributed by atoms with E-state index in [2.05, 4.69) is 25.9 Å². The fourth-order valence-corrected chi connectivity index (χ4v) is 4.53. The van der Waals surface area contributed by atoms with Gasteiger partial charge in [-0.05, 0) is 36.8 Å². The van der Waals surface area contributed by atoms with E-state index in [9.17, 15) is 14.0 Å². The minimum absolute atomic E-state index is 0.0187. The molecule has 1 aliphatic rings. The molecule has 1 saturated heterocycles. The lowest BCUT2D eigenvalue weighted by molar-refractivity contribution is 0.0957. The minimum atomic E-state index is -0.413. The largest absolute Gasteiger partial charge is 0.383 e. The van der Waals surface area contributed by atoms with Crippen LogP contribution in [0, 0.1) is 12.7 Å². The van der Waals surface area contributed by atoms with Crippen molar-refractivity contribution in [2.75, 3.05) is 45.7 Å². The zero-order valence-electron chi connectivity index (χ0n) is 20.6. The van der Waals surface area contributed by atoms with Gasteiger partial charge < -0.3 is 15.4 Å². The van der Waals surface area contributed by atoms with Gasteiger partial charge in [-0.1, -0.05) is 30.3 Å². The molecule has 1 fully saturated rings. The zero-order valence-corrected chi connectivity index (χ0v) is 20.6. The highest BCUT2D eigenvalue weighted by Crippen LogP contribution is 2.29. The second-order valence-electron chi connectivity index (χ2n) is 8.76. The van der Waals surface area contributed by atoms with Crippen LogP contribution >= 0.6 is 0 Å². The molecule has 0 radical (unpaired) electrons. The lowest BCUT2D eigenvalue weighted by atomic mass is 9.94. The maximum Gasteiger partial charge on any atom is 0.320 e. The quantitative estimate of drug-likeness (QED) is 0.447. The monoisotopic (exact) mass is 494 g/mol. The molecule has 0 saturated carbocycles. The molecular weight excluding hydrogens is 463 g/mol. The highest BCUT2D eigenvalue weighted by Gasteiger charge is 2.35. The molecule has 3 aromatic rings. The van der Waals surface area contributed by atoms with Crippen molar-refractivity contribution in [1.82, 2.24) is 25.3 Å². The number of benzene rings is 2. The number of likely N-dealkylation sites (tertiary alicyclic amines) is 1. The average molecular weight is 495 g/mol. The van der Waals surface area contributed by atoms with Crippen molar-refractivity contribution in [2.45, 2.75) is 18.9 Å². The van der Waals surface area contributed by atoms with Crippen molar-refractivity contribution < 1.29 is 18.7 Å². The Morgan fingerprint density at radius 2 is 1.83 bits per heavy atom. The maximum atomic E-state index is 13.5. The van der Waals surface area contributed by atoms with E-state index in [-0.39, 0.29) is 29.4 Å². The average Bonchev–Trinajstić information content (AvgIpc) is 3.44. The first-order chi connectivity index (χ1) is 17.4. The number of carbonyl (C=O) groups excluding carboxylic acids is 2. The van der Waals surface area contributed by atoms with E-state index < -0.39 is 6.03 Å². The number of carbonyl (C=O) groups is 2. The van der Waals surface area contributed by atoms with Crippen LogP contribution in [0.3, 0.4) is 0 Å². The number of methoxy groups -OCH3 is 1. The van der Waals surface area contributed by atoms with Crippen LogP contribution in [0.2, 0.25) is 0 Å². The van der Waals surface area contributed by atoms with Gasteiger partial charge in [-0.3, -0.25) is 15.0 Å². The number of rotatable bonds is 8. The van der Waals surface area contributed by atoms with Crippen molar-refractivity contribution >= 4 is 17.8 Å². The van der Waals surface area contributed by atoms with Crippen LogP contribution in [0.4, 0.5) is 15.0 Å². The Morgan fingerprint density at radius 1 is 1.11 bits per heavy atom. The van der Waals surface area contributed by atoms with Crippen LogP contribution in [0.15, 0.2) is 54.6 Å². The van der Waals surface area contributed by atoms with Crippen LogP contribution in [0.25, 0.3) is 5.69 Å². The van der Waals surface area contributed by atoms with Gasteiger partial charge in [0.25, 0.3) is 5.91 Å². The van der Waals surface area contributed by atoms with Crippen LogP contribution < -0.4 is 16.0 Å². The SMILES string of the molecule is CNC(=O)c1nn(-c2ccccc2)c(NC(=O)N[C@@H]2CN(CCOC)C[C@H]2c2ccc(F)cc2)c1C. The van der Waals surface area contributed by atoms with E-state index in [0.717, 1.165) is 12.1 Å². The summed E-state index contributed by atoms with van der Waals surface area (Å²) in [4.78, 5) is 27.8. The second kappa shape index (κ2) is 11.3. The molecule has 2 aromatic carbocycles. The summed E-state index contributed by atoms with van der Waals surface area (Å²) >= 11 is 0. The van der Waals surface area contributed by atoms with Gasteiger partial charge in [0.05, 0.1) is 18.3 Å². The molecule has 36 heavy (non-hydrogen) atoms. The number of amides is 3. The number of nitrogens with zero attached hydrogens (tertiary/aromatic N) is 3. The lowest BCUT2D eigenvalue weighted by Crippen LogP contribution is -2.42. The number of para-hydroxylation sites is 1. The van der Waals surface area contributed by atoms with Crippen molar-refractivity contribution in [1.29, 1.82) is 0 Å². The Kier molecular flexibility index (Phi) is 7.97. The molecule has 0 spiro atoms. The third-order valence-electron chi connectivity index (χ3n) is 6.42. The van der Waals surface area contributed by atoms with Crippen LogP contribution in [-0.4, -0.2) is 73.1 Å². The van der Waals surface area contributed by atoms with Crippen LogP contribution in [0.5, 0.6) is 0 Å². The van der Waals surface area contributed by atoms with Gasteiger partial charge in [-0.2, -0.15) is 5.10 Å². The molecule has 0 aliphatic carbocycles. The molecule has 3 amide bonds. The second-order valence-corrected chi connectivity index (χ2v) is 8.76. The van der Waals surface area contributed by atoms with Gasteiger partial charge in [-0.25, -0.2) is 13.9 Å². The van der Waals surface area contributed by atoms with Crippen LogP contribution in [-0.2, 0) is 4.74 Å². The summed E-state index contributed by atoms with van der Waals surface area (Å²) in [6, 6.07) is 15.1. The Hall–Kier alpha value is -3.76. The molecule has 2 atom stereocenters. The van der Waals surface area contributed by atoms with Crippen molar-refractivity contribution in [3.05, 3.63) is 77.2 Å². The molecule has 0 bridgehead atoms. The number of anilines is 1. The van der Waals surface area contributed by atoms with E-state index in [1.807, 2.05) is 30.3 Å². The standard InChI is InChI=1S/C26H31FN6O3/c1-17-23(25(34)28-2)31-33(20-7-5-4-6-8-20)24(17)30-26(35)29-22-16-32(13-14-36-3)15-21(22)18-9-11-19(27)12-10-18/h4-12,21-22H,13-16H2,1-3H3,(H,28,34)(H2,29,30,35)/t21-,22+/m0/s1. The molecular formula is C26H31FN6O3. The summed E-state index contributed by atoms with van der Waals surface area (Å²) in [5, 5.41) is 13.0. The molecule has 10 heteroatoms. The molecule has 3 N–H and O–H groups in total. The Balaban J connectivity index is 1.57. The first kappa shape index (κ1) is 25.3. The minimum Gasteiger partial charge on any atom is -0.383 e. The van der Waals surface area contributed by atoms with E-state index in [1.165, 1.54) is 19.2 Å². The normalized spacial score (nSPS) is 17.7. The number of nitrogens with one attached hydrogen (secondary N) is 3. The molecule has 190 valence electrons.